The Labute approximate surface area is 136 Å². The quantitative estimate of drug-likeness (QED) is 0.906. The van der Waals surface area contributed by atoms with Crippen molar-refractivity contribution in [3.05, 3.63) is 41.0 Å². The van der Waals surface area contributed by atoms with E-state index in [-0.39, 0.29) is 6.03 Å². The number of anilines is 2. The zero-order valence-corrected chi connectivity index (χ0v) is 14.1. The van der Waals surface area contributed by atoms with Gasteiger partial charge in [0.1, 0.15) is 0 Å². The number of aryl methyl sites for hydroxylation is 3. The number of hydrogen-bond acceptors (Lipinski definition) is 5. The molecule has 2 aromatic heterocycles. The minimum absolute atomic E-state index is 0.195. The SMILES string of the molecule is CNc1ncc(CN(C)C(=O)Nc2c(C)cc(C)nc2C)cn1. The lowest BCUT2D eigenvalue weighted by Gasteiger charge is -2.19. The largest absolute Gasteiger partial charge is 0.357 e. The summed E-state index contributed by atoms with van der Waals surface area (Å²) in [5, 5.41) is 5.78. The highest BCUT2D eigenvalue weighted by Crippen LogP contribution is 2.19. The Balaban J connectivity index is 2.05. The van der Waals surface area contributed by atoms with Gasteiger partial charge in [0.2, 0.25) is 5.95 Å². The van der Waals surface area contributed by atoms with E-state index in [0.29, 0.717) is 12.5 Å². The van der Waals surface area contributed by atoms with Gasteiger partial charge in [0.05, 0.1) is 17.9 Å². The number of urea groups is 1. The predicted octanol–water partition coefficient (Wildman–Crippen LogP) is 2.50. The summed E-state index contributed by atoms with van der Waals surface area (Å²) in [7, 11) is 3.49. The van der Waals surface area contributed by atoms with E-state index in [4.69, 9.17) is 0 Å². The summed E-state index contributed by atoms with van der Waals surface area (Å²) in [5.41, 5.74) is 4.36. The predicted molar refractivity (Wildman–Crippen MR) is 90.5 cm³/mol. The van der Waals surface area contributed by atoms with Gasteiger partial charge >= 0.3 is 6.03 Å². The van der Waals surface area contributed by atoms with Gasteiger partial charge in [-0.1, -0.05) is 0 Å². The van der Waals surface area contributed by atoms with Crippen molar-refractivity contribution in [3.63, 3.8) is 0 Å². The molecule has 0 aliphatic carbocycles. The second kappa shape index (κ2) is 7.04. The molecule has 0 atom stereocenters. The summed E-state index contributed by atoms with van der Waals surface area (Å²) in [5.74, 6) is 0.554. The lowest BCUT2D eigenvalue weighted by atomic mass is 10.1. The molecule has 2 aromatic rings. The Hall–Kier alpha value is -2.70. The summed E-state index contributed by atoms with van der Waals surface area (Å²) < 4.78 is 0. The molecule has 0 unspecified atom stereocenters. The van der Waals surface area contributed by atoms with Gasteiger partial charge in [0.15, 0.2) is 0 Å². The average molecular weight is 314 g/mol. The third-order valence-electron chi connectivity index (χ3n) is 3.45. The Morgan fingerprint density at radius 3 is 2.43 bits per heavy atom. The Morgan fingerprint density at radius 1 is 1.22 bits per heavy atom. The molecule has 122 valence electrons. The molecule has 2 amide bonds. The van der Waals surface area contributed by atoms with Crippen LogP contribution < -0.4 is 10.6 Å². The van der Waals surface area contributed by atoms with Crippen LogP contribution in [0.3, 0.4) is 0 Å². The smallest absolute Gasteiger partial charge is 0.321 e. The fourth-order valence-electron chi connectivity index (χ4n) is 2.33. The van der Waals surface area contributed by atoms with Crippen LogP contribution >= 0.6 is 0 Å². The lowest BCUT2D eigenvalue weighted by molar-refractivity contribution is 0.220. The van der Waals surface area contributed by atoms with E-state index in [9.17, 15) is 4.79 Å². The number of nitrogens with zero attached hydrogens (tertiary/aromatic N) is 4. The zero-order valence-electron chi connectivity index (χ0n) is 14.1. The molecule has 0 aromatic carbocycles. The van der Waals surface area contributed by atoms with Gasteiger partial charge < -0.3 is 15.5 Å². The first-order valence-electron chi connectivity index (χ1n) is 7.36. The van der Waals surface area contributed by atoms with Crippen LogP contribution in [-0.4, -0.2) is 40.0 Å². The van der Waals surface area contributed by atoms with E-state index in [0.717, 1.165) is 28.2 Å². The number of carbonyl (C=O) groups excluding carboxylic acids is 1. The molecule has 0 aliphatic rings. The van der Waals surface area contributed by atoms with Crippen molar-refractivity contribution < 1.29 is 4.79 Å². The molecular weight excluding hydrogens is 292 g/mol. The standard InChI is InChI=1S/C16H22N6O/c1-10-6-11(2)20-12(3)14(10)21-16(23)22(5)9-13-7-18-15(17-4)19-8-13/h6-8H,9H2,1-5H3,(H,21,23)(H,17,18,19). The molecule has 2 N–H and O–H groups in total. The van der Waals surface area contributed by atoms with Gasteiger partial charge in [0.25, 0.3) is 0 Å². The molecule has 2 rings (SSSR count). The summed E-state index contributed by atoms with van der Waals surface area (Å²) >= 11 is 0. The molecule has 7 nitrogen and oxygen atoms in total. The van der Waals surface area contributed by atoms with E-state index < -0.39 is 0 Å². The first-order valence-corrected chi connectivity index (χ1v) is 7.36. The number of carbonyl (C=O) groups is 1. The second-order valence-corrected chi connectivity index (χ2v) is 5.49. The highest BCUT2D eigenvalue weighted by molar-refractivity contribution is 5.90. The van der Waals surface area contributed by atoms with E-state index in [1.54, 1.807) is 31.4 Å². The normalized spacial score (nSPS) is 10.3. The van der Waals surface area contributed by atoms with Crippen LogP contribution in [0.5, 0.6) is 0 Å². The van der Waals surface area contributed by atoms with Crippen molar-refractivity contribution >= 4 is 17.7 Å². The lowest BCUT2D eigenvalue weighted by Crippen LogP contribution is -2.31. The van der Waals surface area contributed by atoms with Crippen LogP contribution in [-0.2, 0) is 6.54 Å². The molecule has 0 saturated carbocycles. The fourth-order valence-corrected chi connectivity index (χ4v) is 2.33. The Morgan fingerprint density at radius 2 is 1.87 bits per heavy atom. The average Bonchev–Trinajstić information content (AvgIpc) is 2.51. The number of rotatable bonds is 4. The summed E-state index contributed by atoms with van der Waals surface area (Å²) in [6.07, 6.45) is 3.40. The van der Waals surface area contributed by atoms with Crippen molar-refractivity contribution in [3.8, 4) is 0 Å². The molecule has 2 heterocycles. The third-order valence-corrected chi connectivity index (χ3v) is 3.45. The number of aromatic nitrogens is 3. The van der Waals surface area contributed by atoms with Crippen molar-refractivity contribution in [1.29, 1.82) is 0 Å². The van der Waals surface area contributed by atoms with E-state index in [1.165, 1.54) is 0 Å². The highest BCUT2D eigenvalue weighted by atomic mass is 16.2. The molecule has 0 saturated heterocycles. The van der Waals surface area contributed by atoms with Gasteiger partial charge in [0, 0.05) is 37.7 Å². The van der Waals surface area contributed by atoms with Gasteiger partial charge in [-0.3, -0.25) is 4.98 Å². The molecular formula is C16H22N6O. The van der Waals surface area contributed by atoms with Crippen LogP contribution in [0.2, 0.25) is 0 Å². The van der Waals surface area contributed by atoms with Crippen LogP contribution in [0.4, 0.5) is 16.4 Å². The van der Waals surface area contributed by atoms with Crippen molar-refractivity contribution in [2.24, 2.45) is 0 Å². The molecule has 23 heavy (non-hydrogen) atoms. The van der Waals surface area contributed by atoms with Gasteiger partial charge in [-0.25, -0.2) is 14.8 Å². The molecule has 7 heteroatoms. The molecule has 0 radical (unpaired) electrons. The van der Waals surface area contributed by atoms with E-state index >= 15 is 0 Å². The zero-order chi connectivity index (χ0) is 17.0. The summed E-state index contributed by atoms with van der Waals surface area (Å²) in [4.78, 5) is 26.6. The summed E-state index contributed by atoms with van der Waals surface area (Å²) in [6.45, 7) is 6.21. The molecule has 0 aliphatic heterocycles. The fraction of sp³-hybridized carbons (Fsp3) is 0.375. The van der Waals surface area contributed by atoms with E-state index in [1.807, 2.05) is 26.8 Å². The van der Waals surface area contributed by atoms with Crippen LogP contribution in [0, 0.1) is 20.8 Å². The van der Waals surface area contributed by atoms with Crippen molar-refractivity contribution in [2.75, 3.05) is 24.7 Å². The first kappa shape index (κ1) is 16.7. The van der Waals surface area contributed by atoms with Gasteiger partial charge in [-0.05, 0) is 32.4 Å². The Bertz CT molecular complexity index is 675. The molecule has 0 bridgehead atoms. The minimum Gasteiger partial charge on any atom is -0.357 e. The Kier molecular flexibility index (Phi) is 5.10. The highest BCUT2D eigenvalue weighted by Gasteiger charge is 2.13. The van der Waals surface area contributed by atoms with Crippen LogP contribution in [0.25, 0.3) is 0 Å². The minimum atomic E-state index is -0.195. The van der Waals surface area contributed by atoms with Crippen LogP contribution in [0.15, 0.2) is 18.5 Å². The maximum absolute atomic E-state index is 12.4. The number of pyridine rings is 1. The second-order valence-electron chi connectivity index (χ2n) is 5.49. The molecule has 0 spiro atoms. The third kappa shape index (κ3) is 4.15. The summed E-state index contributed by atoms with van der Waals surface area (Å²) in [6, 6.07) is 1.76. The van der Waals surface area contributed by atoms with Crippen molar-refractivity contribution in [2.45, 2.75) is 27.3 Å². The van der Waals surface area contributed by atoms with Crippen LogP contribution in [0.1, 0.15) is 22.5 Å². The van der Waals surface area contributed by atoms with Gasteiger partial charge in [-0.15, -0.1) is 0 Å². The first-order chi connectivity index (χ1) is 10.9. The number of hydrogen-bond donors (Lipinski definition) is 2. The number of nitrogens with one attached hydrogen (secondary N) is 2. The van der Waals surface area contributed by atoms with Gasteiger partial charge in [-0.2, -0.15) is 0 Å². The van der Waals surface area contributed by atoms with Crippen molar-refractivity contribution in [1.82, 2.24) is 19.9 Å². The number of amides is 2. The topological polar surface area (TPSA) is 83.0 Å². The maximum Gasteiger partial charge on any atom is 0.321 e. The molecule has 0 fully saturated rings. The monoisotopic (exact) mass is 314 g/mol. The van der Waals surface area contributed by atoms with E-state index in [2.05, 4.69) is 25.6 Å². The maximum atomic E-state index is 12.4.